The van der Waals surface area contributed by atoms with Crippen molar-refractivity contribution in [2.24, 2.45) is 0 Å². The van der Waals surface area contributed by atoms with E-state index in [9.17, 15) is 0 Å². The van der Waals surface area contributed by atoms with E-state index in [1.807, 2.05) is 30.3 Å². The Bertz CT molecular complexity index is 307. The van der Waals surface area contributed by atoms with E-state index < -0.39 is 0 Å². The number of para-hydroxylation sites is 1. The van der Waals surface area contributed by atoms with Gasteiger partial charge in [-0.1, -0.05) is 18.2 Å². The molecule has 0 aromatic heterocycles. The van der Waals surface area contributed by atoms with Crippen molar-refractivity contribution in [3.63, 3.8) is 0 Å². The molecule has 1 fully saturated rings. The Balaban J connectivity index is 1.92. The Morgan fingerprint density at radius 2 is 2.12 bits per heavy atom. The highest BCUT2D eigenvalue weighted by molar-refractivity contribution is 5.21. The van der Waals surface area contributed by atoms with Gasteiger partial charge in [-0.25, -0.2) is 0 Å². The summed E-state index contributed by atoms with van der Waals surface area (Å²) in [5.74, 6) is 0.907. The van der Waals surface area contributed by atoms with E-state index in [0.29, 0.717) is 6.61 Å². The van der Waals surface area contributed by atoms with Crippen molar-refractivity contribution < 1.29 is 9.47 Å². The lowest BCUT2D eigenvalue weighted by Gasteiger charge is -2.36. The number of methoxy groups -OCH3 is 1. The van der Waals surface area contributed by atoms with Gasteiger partial charge >= 0.3 is 0 Å². The molecule has 1 aromatic carbocycles. The molecule has 16 heavy (non-hydrogen) atoms. The lowest BCUT2D eigenvalue weighted by atomic mass is 9.95. The molecular formula is C13H19NO2. The summed E-state index contributed by atoms with van der Waals surface area (Å²) in [6.45, 7) is 2.56. The van der Waals surface area contributed by atoms with Crippen molar-refractivity contribution in [1.82, 2.24) is 5.32 Å². The summed E-state index contributed by atoms with van der Waals surface area (Å²) in [5, 5.41) is 3.36. The number of nitrogens with one attached hydrogen (secondary N) is 1. The van der Waals surface area contributed by atoms with E-state index in [0.717, 1.165) is 31.7 Å². The van der Waals surface area contributed by atoms with Gasteiger partial charge in [-0.2, -0.15) is 0 Å². The molecule has 0 unspecified atom stereocenters. The lowest BCUT2D eigenvalue weighted by molar-refractivity contribution is -0.0588. The smallest absolute Gasteiger partial charge is 0.119 e. The third-order valence-corrected chi connectivity index (χ3v) is 3.11. The quantitative estimate of drug-likeness (QED) is 0.841. The van der Waals surface area contributed by atoms with E-state index in [-0.39, 0.29) is 5.60 Å². The summed E-state index contributed by atoms with van der Waals surface area (Å²) in [6, 6.07) is 9.89. The van der Waals surface area contributed by atoms with Crippen molar-refractivity contribution in [3.8, 4) is 5.75 Å². The van der Waals surface area contributed by atoms with Gasteiger partial charge in [-0.15, -0.1) is 0 Å². The predicted molar refractivity (Wildman–Crippen MR) is 63.8 cm³/mol. The van der Waals surface area contributed by atoms with Gasteiger partial charge in [0.1, 0.15) is 18.0 Å². The highest BCUT2D eigenvalue weighted by atomic mass is 16.5. The molecule has 1 aliphatic rings. The van der Waals surface area contributed by atoms with E-state index >= 15 is 0 Å². The van der Waals surface area contributed by atoms with Crippen LogP contribution < -0.4 is 10.1 Å². The largest absolute Gasteiger partial charge is 0.491 e. The van der Waals surface area contributed by atoms with Crippen LogP contribution in [-0.4, -0.2) is 32.4 Å². The molecule has 0 bridgehead atoms. The topological polar surface area (TPSA) is 30.5 Å². The molecule has 1 atom stereocenters. The second-order valence-corrected chi connectivity index (χ2v) is 4.27. The number of rotatable bonds is 4. The van der Waals surface area contributed by atoms with Gasteiger partial charge in [0, 0.05) is 13.7 Å². The second-order valence-electron chi connectivity index (χ2n) is 4.27. The summed E-state index contributed by atoms with van der Waals surface area (Å²) >= 11 is 0. The van der Waals surface area contributed by atoms with Crippen LogP contribution in [-0.2, 0) is 4.74 Å². The molecule has 1 heterocycles. The Labute approximate surface area is 96.8 Å². The first-order valence-electron chi connectivity index (χ1n) is 5.78. The minimum absolute atomic E-state index is 0.159. The average molecular weight is 221 g/mol. The molecule has 0 spiro atoms. The molecule has 3 heteroatoms. The Kier molecular flexibility index (Phi) is 3.80. The molecule has 0 aliphatic carbocycles. The van der Waals surface area contributed by atoms with Crippen molar-refractivity contribution in [3.05, 3.63) is 30.3 Å². The standard InChI is InChI=1S/C13H19NO2/c1-15-13(8-5-9-14-10-13)11-16-12-6-3-2-4-7-12/h2-4,6-7,14H,5,8-11H2,1H3/t13-/m0/s1. The van der Waals surface area contributed by atoms with Gasteiger partial charge in [0.2, 0.25) is 0 Å². The van der Waals surface area contributed by atoms with Gasteiger partial charge in [-0.3, -0.25) is 0 Å². The van der Waals surface area contributed by atoms with Crippen LogP contribution >= 0.6 is 0 Å². The van der Waals surface area contributed by atoms with Crippen LogP contribution in [0.15, 0.2) is 30.3 Å². The zero-order valence-corrected chi connectivity index (χ0v) is 9.74. The Morgan fingerprint density at radius 1 is 1.31 bits per heavy atom. The van der Waals surface area contributed by atoms with Crippen molar-refractivity contribution in [2.75, 3.05) is 26.8 Å². The van der Waals surface area contributed by atoms with Crippen LogP contribution in [0.1, 0.15) is 12.8 Å². The number of benzene rings is 1. The molecule has 88 valence electrons. The van der Waals surface area contributed by atoms with Gasteiger partial charge < -0.3 is 14.8 Å². The van der Waals surface area contributed by atoms with Crippen molar-refractivity contribution >= 4 is 0 Å². The van der Waals surface area contributed by atoms with Crippen LogP contribution in [0.3, 0.4) is 0 Å². The number of ether oxygens (including phenoxy) is 2. The number of hydrogen-bond acceptors (Lipinski definition) is 3. The highest BCUT2D eigenvalue weighted by Gasteiger charge is 2.32. The molecule has 2 rings (SSSR count). The van der Waals surface area contributed by atoms with E-state index in [1.54, 1.807) is 7.11 Å². The van der Waals surface area contributed by atoms with Gasteiger partial charge in [0.05, 0.1) is 0 Å². The van der Waals surface area contributed by atoms with Crippen LogP contribution in [0, 0.1) is 0 Å². The maximum Gasteiger partial charge on any atom is 0.119 e. The van der Waals surface area contributed by atoms with E-state index in [2.05, 4.69) is 5.32 Å². The molecule has 0 radical (unpaired) electrons. The summed E-state index contributed by atoms with van der Waals surface area (Å²) < 4.78 is 11.4. The summed E-state index contributed by atoms with van der Waals surface area (Å²) in [6.07, 6.45) is 2.20. The maximum atomic E-state index is 5.77. The average Bonchev–Trinajstić information content (AvgIpc) is 2.39. The monoisotopic (exact) mass is 221 g/mol. The number of hydrogen-bond donors (Lipinski definition) is 1. The first-order chi connectivity index (χ1) is 7.85. The maximum absolute atomic E-state index is 5.77. The van der Waals surface area contributed by atoms with Gasteiger partial charge in [-0.05, 0) is 31.5 Å². The van der Waals surface area contributed by atoms with Crippen molar-refractivity contribution in [1.29, 1.82) is 0 Å². The summed E-state index contributed by atoms with van der Waals surface area (Å²) in [7, 11) is 1.77. The molecule has 0 saturated carbocycles. The Morgan fingerprint density at radius 3 is 2.75 bits per heavy atom. The summed E-state index contributed by atoms with van der Waals surface area (Å²) in [4.78, 5) is 0. The first-order valence-corrected chi connectivity index (χ1v) is 5.78. The second kappa shape index (κ2) is 5.32. The van der Waals surface area contributed by atoms with Crippen molar-refractivity contribution in [2.45, 2.75) is 18.4 Å². The highest BCUT2D eigenvalue weighted by Crippen LogP contribution is 2.21. The lowest BCUT2D eigenvalue weighted by Crippen LogP contribution is -2.51. The summed E-state index contributed by atoms with van der Waals surface area (Å²) in [5.41, 5.74) is -0.159. The van der Waals surface area contributed by atoms with Crippen LogP contribution in [0.4, 0.5) is 0 Å². The van der Waals surface area contributed by atoms with Crippen LogP contribution in [0.5, 0.6) is 5.75 Å². The molecule has 1 aliphatic heterocycles. The normalized spacial score (nSPS) is 25.3. The van der Waals surface area contributed by atoms with Gasteiger partial charge in [0.25, 0.3) is 0 Å². The minimum atomic E-state index is -0.159. The van der Waals surface area contributed by atoms with E-state index in [1.165, 1.54) is 0 Å². The number of piperidine rings is 1. The molecule has 1 saturated heterocycles. The molecule has 1 aromatic rings. The van der Waals surface area contributed by atoms with Crippen LogP contribution in [0.2, 0.25) is 0 Å². The van der Waals surface area contributed by atoms with E-state index in [4.69, 9.17) is 9.47 Å². The third kappa shape index (κ3) is 2.74. The molecular weight excluding hydrogens is 202 g/mol. The third-order valence-electron chi connectivity index (χ3n) is 3.11. The zero-order chi connectivity index (χ0) is 11.3. The SMILES string of the molecule is CO[C@@]1(COc2ccccc2)CCCNC1. The van der Waals surface area contributed by atoms with Gasteiger partial charge in [0.15, 0.2) is 0 Å². The fourth-order valence-electron chi connectivity index (χ4n) is 2.03. The molecule has 3 nitrogen and oxygen atoms in total. The van der Waals surface area contributed by atoms with Crippen LogP contribution in [0.25, 0.3) is 0 Å². The minimum Gasteiger partial charge on any atom is -0.491 e. The predicted octanol–water partition coefficient (Wildman–Crippen LogP) is 1.83. The Hall–Kier alpha value is -1.06. The molecule has 0 amide bonds. The molecule has 1 N–H and O–H groups in total. The zero-order valence-electron chi connectivity index (χ0n) is 9.74. The fraction of sp³-hybridized carbons (Fsp3) is 0.538. The fourth-order valence-corrected chi connectivity index (χ4v) is 2.03. The first kappa shape index (κ1) is 11.4.